The first-order valence-electron chi connectivity index (χ1n) is 8.73. The zero-order chi connectivity index (χ0) is 19.0. The van der Waals surface area contributed by atoms with Crippen molar-refractivity contribution in [3.63, 3.8) is 0 Å². The van der Waals surface area contributed by atoms with E-state index in [2.05, 4.69) is 6.58 Å². The third-order valence-electron chi connectivity index (χ3n) is 3.39. The van der Waals surface area contributed by atoms with E-state index in [4.69, 9.17) is 0 Å². The maximum atomic E-state index is 12.1. The van der Waals surface area contributed by atoms with Crippen LogP contribution < -0.4 is 0 Å². The van der Waals surface area contributed by atoms with Gasteiger partial charge in [0.1, 0.15) is 6.67 Å². The number of hydrogen-bond donors (Lipinski definition) is 0. The van der Waals surface area contributed by atoms with E-state index in [1.807, 2.05) is 58.9 Å². The van der Waals surface area contributed by atoms with Crippen LogP contribution in [0.5, 0.6) is 0 Å². The fourth-order valence-electron chi connectivity index (χ4n) is 2.00. The first kappa shape index (κ1) is 24.7. The Morgan fingerprint density at radius 1 is 1.29 bits per heavy atom. The predicted octanol–water partition coefficient (Wildman–Crippen LogP) is 7.76. The van der Waals surface area contributed by atoms with Gasteiger partial charge in [-0.1, -0.05) is 70.2 Å². The van der Waals surface area contributed by atoms with Crippen LogP contribution in [-0.2, 0) is 0 Å². The van der Waals surface area contributed by atoms with Gasteiger partial charge in [0.2, 0.25) is 0 Å². The Balaban J connectivity index is 0. The highest BCUT2D eigenvalue weighted by Crippen LogP contribution is 2.23. The van der Waals surface area contributed by atoms with Gasteiger partial charge in [0.15, 0.2) is 0 Å². The van der Waals surface area contributed by atoms with Gasteiger partial charge in [0.25, 0.3) is 6.43 Å². The molecule has 0 nitrogen and oxygen atoms in total. The highest BCUT2D eigenvalue weighted by molar-refractivity contribution is 5.31. The molecule has 1 rings (SSSR count). The standard InChI is InChI=1S/C10H15F.C9H12F2.C2H6/c1-4-6-7-10(5-2)9(3)8-11;1-2-7-4-3-5-8(6-7)9(10)11;1-2/h4,6-7H,3,5,8H2,1-2H3;4,6,9H,2-3,5H2,1H3;1-2H3/b6-4-,10-7-;;. The first-order valence-corrected chi connectivity index (χ1v) is 8.73. The van der Waals surface area contributed by atoms with Gasteiger partial charge in [-0.15, -0.1) is 0 Å². The van der Waals surface area contributed by atoms with E-state index >= 15 is 0 Å². The fraction of sp³-hybridized carbons (Fsp3) is 0.524. The Morgan fingerprint density at radius 2 is 1.92 bits per heavy atom. The summed E-state index contributed by atoms with van der Waals surface area (Å²) in [6.07, 6.45) is 10.1. The summed E-state index contributed by atoms with van der Waals surface area (Å²) in [7, 11) is 0. The van der Waals surface area contributed by atoms with Crippen molar-refractivity contribution in [2.24, 2.45) is 0 Å². The van der Waals surface area contributed by atoms with Crippen molar-refractivity contribution < 1.29 is 13.2 Å². The number of hydrogen-bond acceptors (Lipinski definition) is 0. The Kier molecular flexibility index (Phi) is 16.9. The topological polar surface area (TPSA) is 0 Å². The summed E-state index contributed by atoms with van der Waals surface area (Å²) >= 11 is 0. The second-order valence-corrected chi connectivity index (χ2v) is 5.00. The maximum absolute atomic E-state index is 12.1. The van der Waals surface area contributed by atoms with E-state index in [0.717, 1.165) is 30.4 Å². The van der Waals surface area contributed by atoms with Crippen molar-refractivity contribution in [3.05, 3.63) is 59.3 Å². The molecule has 0 saturated heterocycles. The third-order valence-corrected chi connectivity index (χ3v) is 3.39. The molecule has 0 fully saturated rings. The quantitative estimate of drug-likeness (QED) is 0.433. The van der Waals surface area contributed by atoms with Gasteiger partial charge in [-0.2, -0.15) is 0 Å². The van der Waals surface area contributed by atoms with Gasteiger partial charge in [-0.3, -0.25) is 0 Å². The lowest BCUT2D eigenvalue weighted by Crippen LogP contribution is -2.00. The zero-order valence-electron chi connectivity index (χ0n) is 15.8. The molecule has 1 aliphatic carbocycles. The largest absolute Gasteiger partial charge is 0.260 e. The van der Waals surface area contributed by atoms with Crippen molar-refractivity contribution in [3.8, 4) is 0 Å². The highest BCUT2D eigenvalue weighted by Gasteiger charge is 2.13. The van der Waals surface area contributed by atoms with Crippen molar-refractivity contribution in [1.29, 1.82) is 0 Å². The Morgan fingerprint density at radius 3 is 2.33 bits per heavy atom. The minimum atomic E-state index is -2.26. The summed E-state index contributed by atoms with van der Waals surface area (Å²) in [4.78, 5) is 0. The maximum Gasteiger partial charge on any atom is 0.260 e. The lowest BCUT2D eigenvalue weighted by Gasteiger charge is -2.11. The number of rotatable bonds is 6. The molecule has 0 bridgehead atoms. The molecule has 138 valence electrons. The van der Waals surface area contributed by atoms with Gasteiger partial charge in [0, 0.05) is 0 Å². The molecule has 0 unspecified atom stereocenters. The molecular formula is C21H33F3. The van der Waals surface area contributed by atoms with Gasteiger partial charge in [-0.05, 0) is 49.3 Å². The van der Waals surface area contributed by atoms with Crippen molar-refractivity contribution >= 4 is 0 Å². The minimum Gasteiger partial charge on any atom is -0.246 e. The molecule has 0 radical (unpaired) electrons. The number of alkyl halides is 3. The zero-order valence-corrected chi connectivity index (χ0v) is 15.8. The van der Waals surface area contributed by atoms with E-state index < -0.39 is 13.1 Å². The smallest absolute Gasteiger partial charge is 0.246 e. The fourth-order valence-corrected chi connectivity index (χ4v) is 2.00. The summed E-state index contributed by atoms with van der Waals surface area (Å²) in [5.41, 5.74) is 2.92. The van der Waals surface area contributed by atoms with Gasteiger partial charge in [-0.25, -0.2) is 13.2 Å². The van der Waals surface area contributed by atoms with Crippen LogP contribution in [0.4, 0.5) is 13.2 Å². The van der Waals surface area contributed by atoms with E-state index in [1.165, 1.54) is 0 Å². The summed E-state index contributed by atoms with van der Waals surface area (Å²) in [5, 5.41) is 0. The van der Waals surface area contributed by atoms with Crippen LogP contribution >= 0.6 is 0 Å². The van der Waals surface area contributed by atoms with E-state index in [1.54, 1.807) is 6.08 Å². The van der Waals surface area contributed by atoms with Crippen molar-refractivity contribution in [1.82, 2.24) is 0 Å². The van der Waals surface area contributed by atoms with Crippen LogP contribution in [0.3, 0.4) is 0 Å². The van der Waals surface area contributed by atoms with Gasteiger partial charge >= 0.3 is 0 Å². The Hall–Kier alpha value is -1.51. The number of allylic oxidation sites excluding steroid dienone is 9. The first-order chi connectivity index (χ1) is 11.5. The Bertz CT molecular complexity index is 452. The molecule has 0 N–H and O–H groups in total. The van der Waals surface area contributed by atoms with Crippen LogP contribution in [0.15, 0.2) is 59.3 Å². The van der Waals surface area contributed by atoms with Gasteiger partial charge < -0.3 is 0 Å². The lowest BCUT2D eigenvalue weighted by atomic mass is 9.98. The summed E-state index contributed by atoms with van der Waals surface area (Å²) in [6.45, 7) is 13.1. The molecule has 3 heteroatoms. The van der Waals surface area contributed by atoms with Gasteiger partial charge in [0.05, 0.1) is 0 Å². The molecule has 0 saturated carbocycles. The van der Waals surface area contributed by atoms with Crippen LogP contribution in [0.2, 0.25) is 0 Å². The van der Waals surface area contributed by atoms with Crippen LogP contribution in [0, 0.1) is 0 Å². The minimum absolute atomic E-state index is 0.296. The molecule has 0 amide bonds. The van der Waals surface area contributed by atoms with Crippen LogP contribution in [0.1, 0.15) is 60.3 Å². The van der Waals surface area contributed by atoms with Crippen molar-refractivity contribution in [2.45, 2.75) is 66.7 Å². The van der Waals surface area contributed by atoms with E-state index in [9.17, 15) is 13.2 Å². The molecule has 24 heavy (non-hydrogen) atoms. The molecule has 0 aromatic carbocycles. The van der Waals surface area contributed by atoms with Crippen molar-refractivity contribution in [2.75, 3.05) is 6.67 Å². The third kappa shape index (κ3) is 11.1. The lowest BCUT2D eigenvalue weighted by molar-refractivity contribution is 0.184. The van der Waals surface area contributed by atoms with Crippen LogP contribution in [-0.4, -0.2) is 13.1 Å². The predicted molar refractivity (Wildman–Crippen MR) is 101 cm³/mol. The average Bonchev–Trinajstić information content (AvgIpc) is 2.64. The second-order valence-electron chi connectivity index (χ2n) is 5.00. The summed E-state index contributed by atoms with van der Waals surface area (Å²) in [5.74, 6) is 0. The molecule has 0 spiro atoms. The molecular weight excluding hydrogens is 309 g/mol. The highest BCUT2D eigenvalue weighted by atomic mass is 19.3. The molecule has 0 aliphatic heterocycles. The van der Waals surface area contributed by atoms with Crippen LogP contribution in [0.25, 0.3) is 0 Å². The van der Waals surface area contributed by atoms with E-state index in [0.29, 0.717) is 17.6 Å². The van der Waals surface area contributed by atoms with E-state index in [-0.39, 0.29) is 0 Å². The molecule has 0 aromatic rings. The normalized spacial score (nSPS) is 14.3. The number of halogens is 3. The SMILES string of the molecule is C=C(CF)/C(=C\C=C/C)CC.CC.CCC1=CCCC(C(F)F)=C1. The average molecular weight is 342 g/mol. The summed E-state index contributed by atoms with van der Waals surface area (Å²) < 4.78 is 36.4. The molecule has 1 aliphatic rings. The molecule has 0 aromatic heterocycles. The Labute approximate surface area is 146 Å². The molecule has 0 heterocycles. The monoisotopic (exact) mass is 342 g/mol. The summed E-state index contributed by atoms with van der Waals surface area (Å²) in [6, 6.07) is 0. The molecule has 0 atom stereocenters. The second kappa shape index (κ2) is 16.4.